The maximum Gasteiger partial charge on any atom is 0.119 e. The minimum atomic E-state index is -1.00. The molecule has 0 amide bonds. The normalized spacial score (nSPS) is 12.7. The maximum atomic E-state index is 11.1. The van der Waals surface area contributed by atoms with Crippen LogP contribution >= 0.6 is 0 Å². The van der Waals surface area contributed by atoms with Crippen molar-refractivity contribution in [3.63, 3.8) is 0 Å². The number of benzene rings is 1. The van der Waals surface area contributed by atoms with E-state index in [0.29, 0.717) is 17.6 Å². The van der Waals surface area contributed by atoms with Gasteiger partial charge in [-0.2, -0.15) is 0 Å². The summed E-state index contributed by atoms with van der Waals surface area (Å²) in [6.07, 6.45) is 20.0. The second kappa shape index (κ2) is 19.0. The van der Waals surface area contributed by atoms with Gasteiger partial charge < -0.3 is 19.1 Å². The average molecular weight is 462 g/mol. The highest BCUT2D eigenvalue weighted by molar-refractivity contribution is 5.65. The molecule has 0 saturated carbocycles. The molecule has 0 spiro atoms. The van der Waals surface area contributed by atoms with Gasteiger partial charge in [-0.05, 0) is 12.0 Å². The predicted octanol–water partition coefficient (Wildman–Crippen LogP) is 6.27. The minimum Gasteiger partial charge on any atom is -0.544 e. The van der Waals surface area contributed by atoms with Crippen LogP contribution in [0, 0.1) is 0 Å². The molecule has 1 unspecified atom stereocenters. The first kappa shape index (κ1) is 29.6. The molecule has 0 aromatic heterocycles. The molecule has 0 saturated heterocycles. The number of carbonyl (C=O) groups excluding carboxylic acids is 1. The number of rotatable bonds is 22. The Bertz CT molecular complexity index is 588. The van der Waals surface area contributed by atoms with Gasteiger partial charge in [0.1, 0.15) is 19.2 Å². The van der Waals surface area contributed by atoms with Gasteiger partial charge in [0.25, 0.3) is 0 Å². The number of carboxylic acids is 1. The number of hydrogen-bond donors (Lipinski definition) is 0. The third kappa shape index (κ3) is 17.7. The van der Waals surface area contributed by atoms with Crippen LogP contribution in [0.4, 0.5) is 0 Å². The third-order valence-electron chi connectivity index (χ3n) is 6.46. The Labute approximate surface area is 204 Å². The van der Waals surface area contributed by atoms with Crippen LogP contribution in [0.3, 0.4) is 0 Å². The standard InChI is InChI=1S/C29H51NO3/c1-4-5-6-7-8-9-10-11-12-13-14-15-16-20-23-28(24-30(2,3)25-29(31)32)33-26-27-21-18-17-19-22-27/h17-19,21-22,28H,4-16,20,23-26H2,1-3H3. The highest BCUT2D eigenvalue weighted by Crippen LogP contribution is 2.16. The molecule has 1 aromatic carbocycles. The van der Waals surface area contributed by atoms with Crippen LogP contribution in [0.2, 0.25) is 0 Å². The summed E-state index contributed by atoms with van der Waals surface area (Å²) in [6, 6.07) is 10.2. The van der Waals surface area contributed by atoms with Crippen LogP contribution in [0.5, 0.6) is 0 Å². The molecule has 0 aliphatic heterocycles. The number of ether oxygens (including phenoxy) is 1. The molecule has 4 heteroatoms. The number of carboxylic acid groups (broad SMARTS) is 1. The number of nitrogens with zero attached hydrogens (tertiary/aromatic N) is 1. The van der Waals surface area contributed by atoms with Gasteiger partial charge in [0.05, 0.1) is 26.7 Å². The highest BCUT2D eigenvalue weighted by atomic mass is 16.5. The van der Waals surface area contributed by atoms with Gasteiger partial charge in [0.2, 0.25) is 0 Å². The molecule has 33 heavy (non-hydrogen) atoms. The smallest absolute Gasteiger partial charge is 0.119 e. The van der Waals surface area contributed by atoms with E-state index in [-0.39, 0.29) is 12.6 Å². The van der Waals surface area contributed by atoms with Crippen LogP contribution < -0.4 is 5.11 Å². The summed E-state index contributed by atoms with van der Waals surface area (Å²) in [4.78, 5) is 11.1. The molecule has 0 radical (unpaired) electrons. The zero-order valence-corrected chi connectivity index (χ0v) is 21.9. The fraction of sp³-hybridized carbons (Fsp3) is 0.759. The maximum absolute atomic E-state index is 11.1. The molecule has 0 aliphatic rings. The molecule has 0 fully saturated rings. The third-order valence-corrected chi connectivity index (χ3v) is 6.46. The molecular weight excluding hydrogens is 410 g/mol. The van der Waals surface area contributed by atoms with E-state index in [0.717, 1.165) is 18.4 Å². The van der Waals surface area contributed by atoms with Crippen molar-refractivity contribution in [3.05, 3.63) is 35.9 Å². The summed E-state index contributed by atoms with van der Waals surface area (Å²) >= 11 is 0. The lowest BCUT2D eigenvalue weighted by atomic mass is 10.0. The largest absolute Gasteiger partial charge is 0.544 e. The van der Waals surface area contributed by atoms with Gasteiger partial charge >= 0.3 is 0 Å². The summed E-state index contributed by atoms with van der Waals surface area (Å²) in [5.74, 6) is -1.00. The van der Waals surface area contributed by atoms with E-state index in [2.05, 4.69) is 19.1 Å². The fourth-order valence-corrected chi connectivity index (χ4v) is 4.55. The highest BCUT2D eigenvalue weighted by Gasteiger charge is 2.23. The molecule has 1 aromatic rings. The summed E-state index contributed by atoms with van der Waals surface area (Å²) in [7, 11) is 3.89. The first-order valence-corrected chi connectivity index (χ1v) is 13.6. The SMILES string of the molecule is CCCCCCCCCCCCCCCCC(C[N+](C)(C)CC(=O)[O-])OCc1ccccc1. The molecular formula is C29H51NO3. The Kier molecular flexibility index (Phi) is 17.0. The van der Waals surface area contributed by atoms with E-state index in [1.165, 1.54) is 83.5 Å². The van der Waals surface area contributed by atoms with E-state index in [1.54, 1.807) is 0 Å². The van der Waals surface area contributed by atoms with Gasteiger partial charge in [0.15, 0.2) is 0 Å². The van der Waals surface area contributed by atoms with Crippen molar-refractivity contribution in [2.45, 2.75) is 116 Å². The zero-order chi connectivity index (χ0) is 24.2. The van der Waals surface area contributed by atoms with Crippen molar-refractivity contribution in [2.24, 2.45) is 0 Å². The zero-order valence-electron chi connectivity index (χ0n) is 21.9. The monoisotopic (exact) mass is 461 g/mol. The van der Waals surface area contributed by atoms with Gasteiger partial charge in [-0.1, -0.05) is 127 Å². The first-order chi connectivity index (χ1) is 15.9. The summed E-state index contributed by atoms with van der Waals surface area (Å²) in [5, 5.41) is 11.1. The van der Waals surface area contributed by atoms with E-state index in [9.17, 15) is 9.90 Å². The van der Waals surface area contributed by atoms with Crippen molar-refractivity contribution in [2.75, 3.05) is 27.2 Å². The first-order valence-electron chi connectivity index (χ1n) is 13.6. The van der Waals surface area contributed by atoms with E-state index >= 15 is 0 Å². The molecule has 190 valence electrons. The summed E-state index contributed by atoms with van der Waals surface area (Å²) in [6.45, 7) is 3.57. The molecule has 0 aliphatic carbocycles. The molecule has 1 rings (SSSR count). The molecule has 0 bridgehead atoms. The number of likely N-dealkylation sites (N-methyl/N-ethyl adjacent to an activating group) is 1. The van der Waals surface area contributed by atoms with Crippen molar-refractivity contribution < 1.29 is 19.1 Å². The van der Waals surface area contributed by atoms with Crippen molar-refractivity contribution in [1.82, 2.24) is 0 Å². The van der Waals surface area contributed by atoms with Gasteiger partial charge in [0, 0.05) is 0 Å². The van der Waals surface area contributed by atoms with Crippen LogP contribution in [0.25, 0.3) is 0 Å². The fourth-order valence-electron chi connectivity index (χ4n) is 4.55. The Morgan fingerprint density at radius 3 is 1.79 bits per heavy atom. The van der Waals surface area contributed by atoms with Gasteiger partial charge in [-0.25, -0.2) is 0 Å². The molecule has 1 atom stereocenters. The van der Waals surface area contributed by atoms with Crippen molar-refractivity contribution in [1.29, 1.82) is 0 Å². The lowest BCUT2D eigenvalue weighted by molar-refractivity contribution is -0.888. The predicted molar refractivity (Wildman–Crippen MR) is 137 cm³/mol. The Balaban J connectivity index is 2.18. The van der Waals surface area contributed by atoms with Crippen LogP contribution in [0.15, 0.2) is 30.3 Å². The second-order valence-corrected chi connectivity index (χ2v) is 10.5. The van der Waals surface area contributed by atoms with Crippen LogP contribution in [0.1, 0.15) is 109 Å². The number of quaternary nitrogens is 1. The average Bonchev–Trinajstić information content (AvgIpc) is 2.77. The van der Waals surface area contributed by atoms with E-state index in [4.69, 9.17) is 4.74 Å². The van der Waals surface area contributed by atoms with Crippen LogP contribution in [-0.2, 0) is 16.1 Å². The molecule has 4 nitrogen and oxygen atoms in total. The van der Waals surface area contributed by atoms with Crippen molar-refractivity contribution in [3.8, 4) is 0 Å². The van der Waals surface area contributed by atoms with Gasteiger partial charge in [-0.3, -0.25) is 0 Å². The Morgan fingerprint density at radius 2 is 1.30 bits per heavy atom. The summed E-state index contributed by atoms with van der Waals surface area (Å²) in [5.41, 5.74) is 1.16. The Hall–Kier alpha value is -1.39. The second-order valence-electron chi connectivity index (χ2n) is 10.5. The van der Waals surface area contributed by atoms with Crippen LogP contribution in [-0.4, -0.2) is 43.7 Å². The Morgan fingerprint density at radius 1 is 0.818 bits per heavy atom. The minimum absolute atomic E-state index is 0.0178. The van der Waals surface area contributed by atoms with Gasteiger partial charge in [-0.15, -0.1) is 0 Å². The summed E-state index contributed by atoms with van der Waals surface area (Å²) < 4.78 is 6.62. The number of hydrogen-bond acceptors (Lipinski definition) is 3. The topological polar surface area (TPSA) is 49.4 Å². The number of unbranched alkanes of at least 4 members (excludes halogenated alkanes) is 13. The van der Waals surface area contributed by atoms with E-state index < -0.39 is 5.97 Å². The number of carbonyl (C=O) groups is 1. The lowest BCUT2D eigenvalue weighted by Crippen LogP contribution is -2.52. The molecule has 0 heterocycles. The van der Waals surface area contributed by atoms with E-state index in [1.807, 2.05) is 32.3 Å². The van der Waals surface area contributed by atoms with Crippen molar-refractivity contribution >= 4 is 5.97 Å². The lowest BCUT2D eigenvalue weighted by Gasteiger charge is -2.33. The number of aliphatic carboxylic acids is 1. The molecule has 0 N–H and O–H groups in total. The quantitative estimate of drug-likeness (QED) is 0.151.